The van der Waals surface area contributed by atoms with Crippen LogP contribution >= 0.6 is 11.3 Å². The lowest BCUT2D eigenvalue weighted by atomic mass is 10.0. The fourth-order valence-electron chi connectivity index (χ4n) is 2.66. The van der Waals surface area contributed by atoms with Gasteiger partial charge in [-0.25, -0.2) is 9.37 Å². The molecule has 0 amide bonds. The summed E-state index contributed by atoms with van der Waals surface area (Å²) in [6, 6.07) is 16.5. The van der Waals surface area contributed by atoms with Crippen LogP contribution in [0.15, 0.2) is 60.1 Å². The number of aromatic nitrogens is 1. The fraction of sp³-hybridized carbons (Fsp3) is 0.182. The van der Waals surface area contributed by atoms with Gasteiger partial charge in [0.15, 0.2) is 0 Å². The maximum atomic E-state index is 13.0. The average molecular weight is 377 g/mol. The topological polar surface area (TPSA) is 48.7 Å². The molecule has 0 aliphatic heterocycles. The van der Waals surface area contributed by atoms with Crippen molar-refractivity contribution in [2.45, 2.75) is 20.3 Å². The Balaban J connectivity index is 1.75. The smallest absolute Gasteiger partial charge is 0.136 e. The molecule has 1 heterocycles. The minimum Gasteiger partial charge on any atom is -0.360 e. The van der Waals surface area contributed by atoms with Crippen molar-refractivity contribution < 1.29 is 4.39 Å². The van der Waals surface area contributed by atoms with Crippen LogP contribution < -0.4 is 5.32 Å². The summed E-state index contributed by atoms with van der Waals surface area (Å²) in [7, 11) is 0. The molecule has 0 aliphatic carbocycles. The molecule has 136 valence electrons. The highest BCUT2D eigenvalue weighted by Gasteiger charge is 2.09. The standard InChI is InChI=1S/C22H20FN3S/c1-15(2)11-16-3-5-17(6-4-16)21-14-27-22(26-21)18(12-24)13-25-20-9-7-19(23)8-10-20/h3-10,13-15,25H,11H2,1-2H3. The Bertz CT molecular complexity index is 964. The summed E-state index contributed by atoms with van der Waals surface area (Å²) in [5.41, 5.74) is 4.35. The van der Waals surface area contributed by atoms with E-state index in [1.165, 1.54) is 29.0 Å². The van der Waals surface area contributed by atoms with Gasteiger partial charge >= 0.3 is 0 Å². The highest BCUT2D eigenvalue weighted by Crippen LogP contribution is 2.26. The number of nitrogens with zero attached hydrogens (tertiary/aromatic N) is 2. The van der Waals surface area contributed by atoms with Crippen molar-refractivity contribution >= 4 is 22.6 Å². The number of nitriles is 1. The second-order valence-electron chi connectivity index (χ2n) is 6.65. The van der Waals surface area contributed by atoms with E-state index in [4.69, 9.17) is 0 Å². The van der Waals surface area contributed by atoms with Crippen molar-refractivity contribution in [1.82, 2.24) is 4.98 Å². The second kappa shape index (κ2) is 8.61. The van der Waals surface area contributed by atoms with Gasteiger partial charge in [0.25, 0.3) is 0 Å². The van der Waals surface area contributed by atoms with E-state index in [2.05, 4.69) is 54.5 Å². The summed E-state index contributed by atoms with van der Waals surface area (Å²) < 4.78 is 13.0. The lowest BCUT2D eigenvalue weighted by molar-refractivity contribution is 0.628. The molecule has 0 saturated heterocycles. The van der Waals surface area contributed by atoms with Gasteiger partial charge in [0.1, 0.15) is 22.5 Å². The maximum Gasteiger partial charge on any atom is 0.136 e. The van der Waals surface area contributed by atoms with E-state index in [9.17, 15) is 9.65 Å². The number of hydrogen-bond donors (Lipinski definition) is 1. The van der Waals surface area contributed by atoms with Crippen LogP contribution in [0.3, 0.4) is 0 Å². The van der Waals surface area contributed by atoms with Gasteiger partial charge in [-0.3, -0.25) is 0 Å². The molecule has 0 spiro atoms. The summed E-state index contributed by atoms with van der Waals surface area (Å²) in [4.78, 5) is 4.60. The first-order chi connectivity index (χ1) is 13.0. The summed E-state index contributed by atoms with van der Waals surface area (Å²) in [5, 5.41) is 15.1. The lowest BCUT2D eigenvalue weighted by Gasteiger charge is -2.05. The Labute approximate surface area is 162 Å². The Morgan fingerprint density at radius 2 is 1.89 bits per heavy atom. The largest absolute Gasteiger partial charge is 0.360 e. The van der Waals surface area contributed by atoms with E-state index >= 15 is 0 Å². The number of nitrogens with one attached hydrogen (secondary N) is 1. The van der Waals surface area contributed by atoms with Gasteiger partial charge in [-0.05, 0) is 42.2 Å². The average Bonchev–Trinajstić information content (AvgIpc) is 3.14. The summed E-state index contributed by atoms with van der Waals surface area (Å²) >= 11 is 1.43. The molecular weight excluding hydrogens is 357 g/mol. The molecule has 0 bridgehead atoms. The van der Waals surface area contributed by atoms with Gasteiger partial charge in [-0.2, -0.15) is 5.26 Å². The summed E-state index contributed by atoms with van der Waals surface area (Å²) in [6.07, 6.45) is 2.65. The predicted molar refractivity (Wildman–Crippen MR) is 110 cm³/mol. The Morgan fingerprint density at radius 3 is 2.52 bits per heavy atom. The molecule has 0 fully saturated rings. The van der Waals surface area contributed by atoms with Crippen LogP contribution in [0.1, 0.15) is 24.4 Å². The third-order valence-electron chi connectivity index (χ3n) is 3.98. The second-order valence-corrected chi connectivity index (χ2v) is 7.51. The molecule has 27 heavy (non-hydrogen) atoms. The van der Waals surface area contributed by atoms with E-state index in [1.54, 1.807) is 18.3 Å². The normalized spacial score (nSPS) is 11.4. The molecule has 0 atom stereocenters. The van der Waals surface area contributed by atoms with Crippen LogP contribution in [0.4, 0.5) is 10.1 Å². The number of thiazole rings is 1. The van der Waals surface area contributed by atoms with Crippen LogP contribution in [0.25, 0.3) is 16.8 Å². The van der Waals surface area contributed by atoms with E-state index in [0.29, 0.717) is 22.2 Å². The molecule has 3 nitrogen and oxygen atoms in total. The van der Waals surface area contributed by atoms with Crippen molar-refractivity contribution in [3.05, 3.63) is 76.5 Å². The first-order valence-electron chi connectivity index (χ1n) is 8.72. The number of halogens is 1. The molecular formula is C22H20FN3S. The van der Waals surface area contributed by atoms with Crippen LogP contribution in [-0.4, -0.2) is 4.98 Å². The van der Waals surface area contributed by atoms with Gasteiger partial charge in [0.05, 0.1) is 5.69 Å². The Morgan fingerprint density at radius 1 is 1.19 bits per heavy atom. The Kier molecular flexibility index (Phi) is 6.00. The van der Waals surface area contributed by atoms with E-state index < -0.39 is 0 Å². The molecule has 0 unspecified atom stereocenters. The molecule has 0 aliphatic rings. The number of hydrogen-bond acceptors (Lipinski definition) is 4. The Hall–Kier alpha value is -2.97. The molecule has 2 aromatic carbocycles. The van der Waals surface area contributed by atoms with Gasteiger partial charge < -0.3 is 5.32 Å². The predicted octanol–water partition coefficient (Wildman–Crippen LogP) is 6.12. The monoisotopic (exact) mass is 377 g/mol. The number of anilines is 1. The van der Waals surface area contributed by atoms with Crippen LogP contribution in [0.2, 0.25) is 0 Å². The highest BCUT2D eigenvalue weighted by atomic mass is 32.1. The quantitative estimate of drug-likeness (QED) is 0.526. The van der Waals surface area contributed by atoms with Crippen LogP contribution in [-0.2, 0) is 6.42 Å². The molecule has 3 rings (SSSR count). The molecule has 5 heteroatoms. The minimum absolute atomic E-state index is 0.297. The van der Waals surface area contributed by atoms with E-state index in [0.717, 1.165) is 17.7 Å². The zero-order chi connectivity index (χ0) is 19.2. The zero-order valence-corrected chi connectivity index (χ0v) is 16.1. The summed E-state index contributed by atoms with van der Waals surface area (Å²) in [6.45, 7) is 4.41. The number of benzene rings is 2. The third-order valence-corrected chi connectivity index (χ3v) is 4.85. The highest BCUT2D eigenvalue weighted by molar-refractivity contribution is 7.11. The van der Waals surface area contributed by atoms with Gasteiger partial charge in [0, 0.05) is 22.8 Å². The SMILES string of the molecule is CC(C)Cc1ccc(-c2csc(C(C#N)=CNc3ccc(F)cc3)n2)cc1. The molecule has 1 N–H and O–H groups in total. The minimum atomic E-state index is -0.297. The summed E-state index contributed by atoms with van der Waals surface area (Å²) in [5.74, 6) is 0.327. The van der Waals surface area contributed by atoms with Gasteiger partial charge in [-0.1, -0.05) is 38.1 Å². The van der Waals surface area contributed by atoms with E-state index in [1.807, 2.05) is 5.38 Å². The number of rotatable bonds is 6. The lowest BCUT2D eigenvalue weighted by Crippen LogP contribution is -1.93. The molecule has 0 saturated carbocycles. The third kappa shape index (κ3) is 5.02. The van der Waals surface area contributed by atoms with E-state index in [-0.39, 0.29) is 5.82 Å². The molecule has 1 aromatic heterocycles. The fourth-order valence-corrected chi connectivity index (χ4v) is 3.45. The van der Waals surface area contributed by atoms with Crippen molar-refractivity contribution in [1.29, 1.82) is 5.26 Å². The van der Waals surface area contributed by atoms with Crippen molar-refractivity contribution in [2.75, 3.05) is 5.32 Å². The number of allylic oxidation sites excluding steroid dienone is 1. The van der Waals surface area contributed by atoms with Crippen molar-refractivity contribution in [3.63, 3.8) is 0 Å². The van der Waals surface area contributed by atoms with Crippen LogP contribution in [0.5, 0.6) is 0 Å². The molecule has 0 radical (unpaired) electrons. The van der Waals surface area contributed by atoms with Crippen molar-refractivity contribution in [2.24, 2.45) is 5.92 Å². The van der Waals surface area contributed by atoms with Crippen LogP contribution in [0, 0.1) is 23.1 Å². The van der Waals surface area contributed by atoms with Crippen molar-refractivity contribution in [3.8, 4) is 17.3 Å². The first kappa shape index (κ1) is 18.8. The first-order valence-corrected chi connectivity index (χ1v) is 9.60. The molecule has 3 aromatic rings. The van der Waals surface area contributed by atoms with Gasteiger partial charge in [-0.15, -0.1) is 11.3 Å². The zero-order valence-electron chi connectivity index (χ0n) is 15.2. The van der Waals surface area contributed by atoms with Gasteiger partial charge in [0.2, 0.25) is 0 Å². The maximum absolute atomic E-state index is 13.0.